The van der Waals surface area contributed by atoms with Gasteiger partial charge in [-0.1, -0.05) is 84.9 Å². The largest absolute Gasteiger partial charge is 0.502 e. The quantitative estimate of drug-likeness (QED) is 0.291. The number of hydrogen-bond donors (Lipinski definition) is 0. The average Bonchev–Trinajstić information content (AvgIpc) is 3.26. The Balaban J connectivity index is 1.92. The van der Waals surface area contributed by atoms with E-state index in [1.54, 1.807) is 84.9 Å². The third-order valence-corrected chi connectivity index (χ3v) is 7.02. The summed E-state index contributed by atoms with van der Waals surface area (Å²) in [5.41, 5.74) is -4.90. The summed E-state index contributed by atoms with van der Waals surface area (Å²) in [4.78, 5) is -0.870. The lowest BCUT2D eigenvalue weighted by atomic mass is 10.0. The SMILES string of the molecule is O=S(=O)(c1c(-c2ccc3ccccc3c2)nn(-c2ccccc2)c1-c1ccccc1)C(F)(F)F. The predicted molar refractivity (Wildman–Crippen MR) is 125 cm³/mol. The third kappa shape index (κ3) is 3.66. The Morgan fingerprint density at radius 2 is 1.26 bits per heavy atom. The fraction of sp³-hybridized carbons (Fsp3) is 0.0385. The molecule has 0 fully saturated rings. The number of hydrogen-bond acceptors (Lipinski definition) is 3. The van der Waals surface area contributed by atoms with Crippen molar-refractivity contribution < 1.29 is 21.6 Å². The van der Waals surface area contributed by atoms with Crippen molar-refractivity contribution in [1.82, 2.24) is 9.78 Å². The summed E-state index contributed by atoms with van der Waals surface area (Å²) >= 11 is 0. The van der Waals surface area contributed by atoms with Crippen molar-refractivity contribution in [2.75, 3.05) is 0 Å². The average molecular weight is 478 g/mol. The maximum absolute atomic E-state index is 14.0. The van der Waals surface area contributed by atoms with Gasteiger partial charge >= 0.3 is 5.51 Å². The molecule has 0 aliphatic heterocycles. The number of sulfone groups is 1. The molecule has 5 aromatic rings. The monoisotopic (exact) mass is 478 g/mol. The molecule has 0 aliphatic carbocycles. The first-order chi connectivity index (χ1) is 16.3. The Morgan fingerprint density at radius 3 is 1.91 bits per heavy atom. The molecule has 0 radical (unpaired) electrons. The number of nitrogens with zero attached hydrogens (tertiary/aromatic N) is 2. The minimum atomic E-state index is -5.76. The Morgan fingerprint density at radius 1 is 0.676 bits per heavy atom. The van der Waals surface area contributed by atoms with Gasteiger partial charge < -0.3 is 0 Å². The Kier molecular flexibility index (Phi) is 5.25. The van der Waals surface area contributed by atoms with Crippen molar-refractivity contribution in [3.8, 4) is 28.2 Å². The van der Waals surface area contributed by atoms with E-state index in [2.05, 4.69) is 5.10 Å². The van der Waals surface area contributed by atoms with Gasteiger partial charge in [-0.25, -0.2) is 13.1 Å². The number of aromatic nitrogens is 2. The zero-order valence-corrected chi connectivity index (χ0v) is 18.4. The molecule has 0 saturated carbocycles. The number of rotatable bonds is 4. The Bertz CT molecular complexity index is 1590. The number of benzene rings is 4. The molecule has 0 unspecified atom stereocenters. The zero-order valence-electron chi connectivity index (χ0n) is 17.6. The highest BCUT2D eigenvalue weighted by Crippen LogP contribution is 2.43. The highest BCUT2D eigenvalue weighted by atomic mass is 32.2. The lowest BCUT2D eigenvalue weighted by Crippen LogP contribution is -2.24. The van der Waals surface area contributed by atoms with Gasteiger partial charge in [0.1, 0.15) is 10.6 Å². The van der Waals surface area contributed by atoms with Crippen LogP contribution in [-0.4, -0.2) is 23.7 Å². The molecule has 34 heavy (non-hydrogen) atoms. The minimum Gasteiger partial charge on any atom is -0.231 e. The van der Waals surface area contributed by atoms with Crippen molar-refractivity contribution in [2.45, 2.75) is 10.4 Å². The molecule has 0 bridgehead atoms. The fourth-order valence-corrected chi connectivity index (χ4v) is 5.01. The van der Waals surface area contributed by atoms with Gasteiger partial charge in [-0.3, -0.25) is 0 Å². The number of para-hydroxylation sites is 1. The predicted octanol–water partition coefficient (Wildman–Crippen LogP) is 6.65. The van der Waals surface area contributed by atoms with Crippen LogP contribution in [0.3, 0.4) is 0 Å². The summed E-state index contributed by atoms with van der Waals surface area (Å²) in [6.45, 7) is 0. The van der Waals surface area contributed by atoms with Gasteiger partial charge in [-0.05, 0) is 29.0 Å². The topological polar surface area (TPSA) is 52.0 Å². The van der Waals surface area contributed by atoms with Gasteiger partial charge in [-0.2, -0.15) is 18.3 Å². The van der Waals surface area contributed by atoms with Gasteiger partial charge in [0.05, 0.1) is 11.4 Å². The summed E-state index contributed by atoms with van der Waals surface area (Å²) in [5, 5.41) is 6.08. The number of fused-ring (bicyclic) bond motifs is 1. The molecule has 1 aromatic heterocycles. The van der Waals surface area contributed by atoms with Crippen LogP contribution >= 0.6 is 0 Å². The van der Waals surface area contributed by atoms with Gasteiger partial charge in [-0.15, -0.1) is 0 Å². The van der Waals surface area contributed by atoms with E-state index < -0.39 is 20.2 Å². The highest BCUT2D eigenvalue weighted by molar-refractivity contribution is 7.92. The lowest BCUT2D eigenvalue weighted by Gasteiger charge is -2.13. The molecule has 0 spiro atoms. The molecule has 4 aromatic carbocycles. The molecule has 4 nitrogen and oxygen atoms in total. The van der Waals surface area contributed by atoms with Crippen LogP contribution < -0.4 is 0 Å². The molecule has 0 amide bonds. The van der Waals surface area contributed by atoms with Crippen molar-refractivity contribution in [3.63, 3.8) is 0 Å². The van der Waals surface area contributed by atoms with Crippen LogP contribution in [0.25, 0.3) is 39.0 Å². The van der Waals surface area contributed by atoms with Crippen LogP contribution in [0.2, 0.25) is 0 Å². The summed E-state index contributed by atoms with van der Waals surface area (Å²) in [5.74, 6) is 0. The molecule has 5 rings (SSSR count). The minimum absolute atomic E-state index is 0.146. The molecule has 0 saturated heterocycles. The van der Waals surface area contributed by atoms with Gasteiger partial charge in [0.25, 0.3) is 9.84 Å². The molecule has 8 heteroatoms. The van der Waals surface area contributed by atoms with E-state index in [1.807, 2.05) is 18.2 Å². The number of alkyl halides is 3. The van der Waals surface area contributed by atoms with Crippen LogP contribution in [-0.2, 0) is 9.84 Å². The number of halogens is 3. The standard InChI is InChI=1S/C26H17F3N2O2S/c27-26(28,29)34(32,33)25-23(21-16-15-18-9-7-8-12-20(18)17-21)30-31(22-13-5-2-6-14-22)24(25)19-10-3-1-4-11-19/h1-17H. The molecule has 170 valence electrons. The van der Waals surface area contributed by atoms with E-state index in [0.29, 0.717) is 11.3 Å². The normalized spacial score (nSPS) is 12.2. The summed E-state index contributed by atoms with van der Waals surface area (Å²) in [6, 6.07) is 28.9. The molecule has 0 N–H and O–H groups in total. The van der Waals surface area contributed by atoms with Crippen LogP contribution in [0.4, 0.5) is 13.2 Å². The van der Waals surface area contributed by atoms with Crippen molar-refractivity contribution in [1.29, 1.82) is 0 Å². The van der Waals surface area contributed by atoms with Crippen LogP contribution in [0.5, 0.6) is 0 Å². The fourth-order valence-electron chi connectivity index (χ4n) is 3.90. The van der Waals surface area contributed by atoms with E-state index in [-0.39, 0.29) is 17.0 Å². The Labute approximate surface area is 193 Å². The Hall–Kier alpha value is -3.91. The second-order valence-electron chi connectivity index (χ2n) is 7.65. The highest BCUT2D eigenvalue weighted by Gasteiger charge is 2.51. The maximum Gasteiger partial charge on any atom is 0.502 e. The smallest absolute Gasteiger partial charge is 0.231 e. The van der Waals surface area contributed by atoms with Crippen molar-refractivity contribution in [3.05, 3.63) is 103 Å². The van der Waals surface area contributed by atoms with E-state index in [1.165, 1.54) is 4.68 Å². The molecule has 0 atom stereocenters. The first-order valence-electron chi connectivity index (χ1n) is 10.3. The second kappa shape index (κ2) is 8.14. The van der Waals surface area contributed by atoms with E-state index in [0.717, 1.165) is 10.8 Å². The van der Waals surface area contributed by atoms with Gasteiger partial charge in [0.2, 0.25) is 0 Å². The van der Waals surface area contributed by atoms with Crippen molar-refractivity contribution >= 4 is 20.6 Å². The van der Waals surface area contributed by atoms with Crippen molar-refractivity contribution in [2.24, 2.45) is 0 Å². The third-order valence-electron chi connectivity index (χ3n) is 5.49. The maximum atomic E-state index is 14.0. The van der Waals surface area contributed by atoms with Crippen LogP contribution in [0.1, 0.15) is 0 Å². The molecular formula is C26H17F3N2O2S. The molecule has 1 heterocycles. The summed E-state index contributed by atoms with van der Waals surface area (Å²) in [6.07, 6.45) is 0. The van der Waals surface area contributed by atoms with E-state index in [4.69, 9.17) is 0 Å². The summed E-state index contributed by atoms with van der Waals surface area (Å²) in [7, 11) is -5.76. The van der Waals surface area contributed by atoms with Crippen LogP contribution in [0.15, 0.2) is 108 Å². The lowest BCUT2D eigenvalue weighted by molar-refractivity contribution is -0.0435. The molecular weight excluding hydrogens is 461 g/mol. The van der Waals surface area contributed by atoms with E-state index in [9.17, 15) is 21.6 Å². The molecule has 0 aliphatic rings. The summed E-state index contributed by atoms with van der Waals surface area (Å²) < 4.78 is 69.1. The van der Waals surface area contributed by atoms with Crippen LogP contribution in [0, 0.1) is 0 Å². The second-order valence-corrected chi connectivity index (χ2v) is 9.53. The first-order valence-corrected chi connectivity index (χ1v) is 11.8. The van der Waals surface area contributed by atoms with Gasteiger partial charge in [0.15, 0.2) is 0 Å². The first kappa shape index (κ1) is 21.9. The van der Waals surface area contributed by atoms with Gasteiger partial charge in [0, 0.05) is 11.1 Å². The van der Waals surface area contributed by atoms with E-state index >= 15 is 0 Å². The zero-order chi connectivity index (χ0) is 23.9.